The van der Waals surface area contributed by atoms with E-state index in [1.807, 2.05) is 4.90 Å². The lowest BCUT2D eigenvalue weighted by Crippen LogP contribution is -2.47. The maximum atomic E-state index is 12.1. The molecule has 0 unspecified atom stereocenters. The molecule has 13 heavy (non-hydrogen) atoms. The zero-order valence-electron chi connectivity index (χ0n) is 8.32. The summed E-state index contributed by atoms with van der Waals surface area (Å²) in [6.45, 7) is 6.42. The highest BCUT2D eigenvalue weighted by Crippen LogP contribution is 2.11. The number of hydrogen-bond donors (Lipinski definition) is 1. The number of halogens is 2. The van der Waals surface area contributed by atoms with Gasteiger partial charge in [-0.25, -0.2) is 8.78 Å². The molecule has 0 bridgehead atoms. The average molecular weight is 192 g/mol. The summed E-state index contributed by atoms with van der Waals surface area (Å²) in [4.78, 5) is 1.84. The SMILES string of the molecule is CC1(C)CN(CC(F)F)CCCN1. The van der Waals surface area contributed by atoms with E-state index < -0.39 is 6.43 Å². The highest BCUT2D eigenvalue weighted by atomic mass is 19.3. The molecule has 1 aliphatic heterocycles. The van der Waals surface area contributed by atoms with E-state index in [0.29, 0.717) is 6.54 Å². The molecule has 0 aromatic heterocycles. The zero-order valence-corrected chi connectivity index (χ0v) is 8.32. The predicted octanol–water partition coefficient (Wildman–Crippen LogP) is 1.33. The first-order chi connectivity index (χ1) is 5.99. The van der Waals surface area contributed by atoms with Crippen LogP contribution in [0.4, 0.5) is 8.78 Å². The van der Waals surface area contributed by atoms with Gasteiger partial charge in [0.25, 0.3) is 6.43 Å². The van der Waals surface area contributed by atoms with Gasteiger partial charge in [-0.3, -0.25) is 4.90 Å². The van der Waals surface area contributed by atoms with E-state index >= 15 is 0 Å². The molecule has 1 N–H and O–H groups in total. The van der Waals surface area contributed by atoms with Crippen molar-refractivity contribution in [2.75, 3.05) is 26.2 Å². The number of nitrogens with one attached hydrogen (secondary N) is 1. The Hall–Kier alpha value is -0.220. The van der Waals surface area contributed by atoms with Crippen molar-refractivity contribution in [1.82, 2.24) is 10.2 Å². The van der Waals surface area contributed by atoms with E-state index in [4.69, 9.17) is 0 Å². The largest absolute Gasteiger partial charge is 0.310 e. The van der Waals surface area contributed by atoms with E-state index in [9.17, 15) is 8.78 Å². The summed E-state index contributed by atoms with van der Waals surface area (Å²) in [6, 6.07) is 0. The molecule has 0 aliphatic carbocycles. The van der Waals surface area contributed by atoms with Crippen molar-refractivity contribution in [1.29, 1.82) is 0 Å². The first-order valence-corrected chi connectivity index (χ1v) is 4.75. The summed E-state index contributed by atoms with van der Waals surface area (Å²) in [5.41, 5.74) is -0.0363. The molecule has 2 nitrogen and oxygen atoms in total. The molecule has 1 heterocycles. The summed E-state index contributed by atoms with van der Waals surface area (Å²) in [6.07, 6.45) is -1.26. The lowest BCUT2D eigenvalue weighted by Gasteiger charge is -2.29. The second-order valence-electron chi connectivity index (χ2n) is 4.29. The van der Waals surface area contributed by atoms with Crippen LogP contribution in [0.25, 0.3) is 0 Å². The van der Waals surface area contributed by atoms with Crippen LogP contribution in [0, 0.1) is 0 Å². The zero-order chi connectivity index (χ0) is 9.90. The Morgan fingerprint density at radius 3 is 2.77 bits per heavy atom. The topological polar surface area (TPSA) is 15.3 Å². The Balaban J connectivity index is 2.45. The monoisotopic (exact) mass is 192 g/mol. The third-order valence-electron chi connectivity index (χ3n) is 2.27. The molecule has 1 saturated heterocycles. The van der Waals surface area contributed by atoms with E-state index in [1.54, 1.807) is 0 Å². The molecule has 1 fully saturated rings. The molecular weight excluding hydrogens is 174 g/mol. The molecule has 0 amide bonds. The van der Waals surface area contributed by atoms with Crippen molar-refractivity contribution < 1.29 is 8.78 Å². The van der Waals surface area contributed by atoms with Crippen LogP contribution in [0.3, 0.4) is 0 Å². The van der Waals surface area contributed by atoms with Gasteiger partial charge in [-0.15, -0.1) is 0 Å². The van der Waals surface area contributed by atoms with Crippen LogP contribution in [0.2, 0.25) is 0 Å². The lowest BCUT2D eigenvalue weighted by atomic mass is 10.1. The molecular formula is C9H18F2N2. The number of alkyl halides is 2. The van der Waals surface area contributed by atoms with Crippen molar-refractivity contribution in [3.05, 3.63) is 0 Å². The fourth-order valence-corrected chi connectivity index (χ4v) is 1.77. The number of nitrogens with zero attached hydrogens (tertiary/aromatic N) is 1. The normalized spacial score (nSPS) is 24.7. The van der Waals surface area contributed by atoms with E-state index in [1.165, 1.54) is 0 Å². The Kier molecular flexibility index (Phi) is 3.62. The molecule has 4 heteroatoms. The standard InChI is InChI=1S/C9H18F2N2/c1-9(2)7-13(6-8(10)11)5-3-4-12-9/h8,12H,3-7H2,1-2H3. The van der Waals surface area contributed by atoms with Crippen molar-refractivity contribution in [3.8, 4) is 0 Å². The van der Waals surface area contributed by atoms with Crippen LogP contribution in [-0.4, -0.2) is 43.0 Å². The van der Waals surface area contributed by atoms with Crippen LogP contribution < -0.4 is 5.32 Å². The molecule has 0 saturated carbocycles. The first-order valence-electron chi connectivity index (χ1n) is 4.75. The Bertz CT molecular complexity index is 160. The van der Waals surface area contributed by atoms with Gasteiger partial charge in [-0.2, -0.15) is 0 Å². The molecule has 0 radical (unpaired) electrons. The average Bonchev–Trinajstić information content (AvgIpc) is 2.09. The molecule has 1 aliphatic rings. The van der Waals surface area contributed by atoms with Gasteiger partial charge in [-0.1, -0.05) is 0 Å². The third-order valence-corrected chi connectivity index (χ3v) is 2.27. The summed E-state index contributed by atoms with van der Waals surface area (Å²) < 4.78 is 24.3. The summed E-state index contributed by atoms with van der Waals surface area (Å²) in [7, 11) is 0. The van der Waals surface area contributed by atoms with E-state index in [0.717, 1.165) is 19.5 Å². The van der Waals surface area contributed by atoms with Crippen LogP contribution in [0.15, 0.2) is 0 Å². The van der Waals surface area contributed by atoms with Crippen molar-refractivity contribution in [3.63, 3.8) is 0 Å². The fraction of sp³-hybridized carbons (Fsp3) is 1.00. The summed E-state index contributed by atoms with van der Waals surface area (Å²) >= 11 is 0. The van der Waals surface area contributed by atoms with Crippen LogP contribution >= 0.6 is 0 Å². The smallest absolute Gasteiger partial charge is 0.251 e. The summed E-state index contributed by atoms with van der Waals surface area (Å²) in [5.74, 6) is 0. The second-order valence-corrected chi connectivity index (χ2v) is 4.29. The van der Waals surface area contributed by atoms with Gasteiger partial charge in [0.1, 0.15) is 0 Å². The fourth-order valence-electron chi connectivity index (χ4n) is 1.77. The molecule has 1 rings (SSSR count). The minimum absolute atomic E-state index is 0.0363. The minimum Gasteiger partial charge on any atom is -0.310 e. The second kappa shape index (κ2) is 4.33. The van der Waals surface area contributed by atoms with Crippen LogP contribution in [0.5, 0.6) is 0 Å². The predicted molar refractivity (Wildman–Crippen MR) is 49.1 cm³/mol. The van der Waals surface area contributed by atoms with Gasteiger partial charge in [-0.05, 0) is 33.4 Å². The lowest BCUT2D eigenvalue weighted by molar-refractivity contribution is 0.0817. The van der Waals surface area contributed by atoms with Crippen LogP contribution in [-0.2, 0) is 0 Å². The maximum absolute atomic E-state index is 12.1. The quantitative estimate of drug-likeness (QED) is 0.710. The van der Waals surface area contributed by atoms with Crippen molar-refractivity contribution in [2.24, 2.45) is 0 Å². The minimum atomic E-state index is -2.21. The van der Waals surface area contributed by atoms with Gasteiger partial charge in [0, 0.05) is 12.1 Å². The molecule has 0 aromatic rings. The van der Waals surface area contributed by atoms with Gasteiger partial charge >= 0.3 is 0 Å². The Morgan fingerprint density at radius 2 is 2.15 bits per heavy atom. The van der Waals surface area contributed by atoms with Crippen LogP contribution in [0.1, 0.15) is 20.3 Å². The molecule has 0 spiro atoms. The van der Waals surface area contributed by atoms with E-state index in [-0.39, 0.29) is 12.1 Å². The maximum Gasteiger partial charge on any atom is 0.251 e. The van der Waals surface area contributed by atoms with Gasteiger partial charge in [0.15, 0.2) is 0 Å². The van der Waals surface area contributed by atoms with E-state index in [2.05, 4.69) is 19.2 Å². The van der Waals surface area contributed by atoms with Gasteiger partial charge < -0.3 is 5.32 Å². The highest BCUT2D eigenvalue weighted by molar-refractivity contribution is 4.84. The molecule has 0 atom stereocenters. The van der Waals surface area contributed by atoms with Gasteiger partial charge in [0.2, 0.25) is 0 Å². The summed E-state index contributed by atoms with van der Waals surface area (Å²) in [5, 5.41) is 3.34. The number of hydrogen-bond acceptors (Lipinski definition) is 2. The van der Waals surface area contributed by atoms with Crippen molar-refractivity contribution >= 4 is 0 Å². The highest BCUT2D eigenvalue weighted by Gasteiger charge is 2.25. The third kappa shape index (κ3) is 4.00. The molecule has 78 valence electrons. The number of rotatable bonds is 2. The van der Waals surface area contributed by atoms with Gasteiger partial charge in [0.05, 0.1) is 6.54 Å². The first kappa shape index (κ1) is 10.9. The Labute approximate surface area is 78.3 Å². The van der Waals surface area contributed by atoms with Crippen molar-refractivity contribution in [2.45, 2.75) is 32.2 Å². The molecule has 0 aromatic carbocycles. The Morgan fingerprint density at radius 1 is 1.46 bits per heavy atom.